The first-order valence-electron chi connectivity index (χ1n) is 11.3. The maximum Gasteiger partial charge on any atom is 0.126 e. The second kappa shape index (κ2) is 11.3. The first kappa shape index (κ1) is 25.3. The molecule has 9 heteroatoms. The van der Waals surface area contributed by atoms with Crippen molar-refractivity contribution in [3.8, 4) is 5.75 Å². The van der Waals surface area contributed by atoms with Crippen molar-refractivity contribution in [2.45, 2.75) is 12.1 Å². The van der Waals surface area contributed by atoms with Crippen LogP contribution in [0.15, 0.2) is 60.7 Å². The van der Waals surface area contributed by atoms with E-state index >= 15 is 0 Å². The molecule has 0 aliphatic carbocycles. The van der Waals surface area contributed by atoms with E-state index in [1.54, 1.807) is 24.3 Å². The maximum absolute atomic E-state index is 13.6. The Balaban J connectivity index is 1.57. The molecular weight excluding hydrogens is 481 g/mol. The number of rotatable bonds is 8. The second-order valence-electron chi connectivity index (χ2n) is 8.42. The van der Waals surface area contributed by atoms with E-state index in [2.05, 4.69) is 4.90 Å². The van der Waals surface area contributed by atoms with Crippen LogP contribution >= 0.6 is 11.6 Å². The van der Waals surface area contributed by atoms with E-state index in [1.807, 2.05) is 11.0 Å². The fourth-order valence-electron chi connectivity index (χ4n) is 4.36. The van der Waals surface area contributed by atoms with Gasteiger partial charge in [0.25, 0.3) is 0 Å². The summed E-state index contributed by atoms with van der Waals surface area (Å²) in [5.41, 5.74) is 1.80. The van der Waals surface area contributed by atoms with Crippen molar-refractivity contribution in [2.75, 3.05) is 44.3 Å². The molecule has 0 radical (unpaired) electrons. The van der Waals surface area contributed by atoms with Crippen LogP contribution in [0.3, 0.4) is 0 Å². The van der Waals surface area contributed by atoms with E-state index in [-0.39, 0.29) is 37.2 Å². The van der Waals surface area contributed by atoms with E-state index in [0.29, 0.717) is 30.4 Å². The number of benzene rings is 3. The van der Waals surface area contributed by atoms with Gasteiger partial charge in [-0.1, -0.05) is 23.7 Å². The lowest BCUT2D eigenvalue weighted by atomic mass is 10.00. The van der Waals surface area contributed by atoms with Crippen molar-refractivity contribution in [1.82, 2.24) is 4.90 Å². The fraction of sp³-hybridized carbons (Fsp3) is 0.308. The molecule has 3 aromatic carbocycles. The van der Waals surface area contributed by atoms with Crippen LogP contribution in [0.2, 0.25) is 5.02 Å². The van der Waals surface area contributed by atoms with Crippen LogP contribution in [-0.4, -0.2) is 54.5 Å². The third-order valence-electron chi connectivity index (χ3n) is 6.01. The Bertz CT molecular complexity index is 1130. The molecule has 35 heavy (non-hydrogen) atoms. The van der Waals surface area contributed by atoms with E-state index < -0.39 is 17.7 Å². The van der Waals surface area contributed by atoms with Crippen LogP contribution in [0.1, 0.15) is 23.3 Å². The normalized spacial score (nSPS) is 17.4. The van der Waals surface area contributed by atoms with Gasteiger partial charge in [-0.25, -0.2) is 13.2 Å². The van der Waals surface area contributed by atoms with Crippen molar-refractivity contribution in [1.29, 1.82) is 0 Å². The monoisotopic (exact) mass is 506 g/mol. The molecule has 1 saturated heterocycles. The number of anilines is 1. The first-order valence-corrected chi connectivity index (χ1v) is 11.6. The molecule has 0 bridgehead atoms. The van der Waals surface area contributed by atoms with Crippen LogP contribution < -0.4 is 9.64 Å². The largest absolute Gasteiger partial charge is 0.491 e. The standard InChI is InChI=1S/C26H26ClF3N2O3/c27-23-14-22(35-10-9-33)5-6-24(23)32-8-7-31(15-25(32)17-1-3-19(28)4-2-17)16-26(34)18-11-20(29)13-21(30)12-18/h1-6,11-14,25-26,33-34H,7-10,15-16H2/t25-,26+/m0/s1. The van der Waals surface area contributed by atoms with Crippen LogP contribution in [0.5, 0.6) is 5.75 Å². The van der Waals surface area contributed by atoms with Gasteiger partial charge < -0.3 is 19.8 Å². The molecule has 0 amide bonds. The zero-order valence-corrected chi connectivity index (χ0v) is 19.6. The highest BCUT2D eigenvalue weighted by atomic mass is 35.5. The van der Waals surface area contributed by atoms with Gasteiger partial charge in [0.1, 0.15) is 29.8 Å². The zero-order valence-electron chi connectivity index (χ0n) is 18.9. The van der Waals surface area contributed by atoms with Gasteiger partial charge in [-0.15, -0.1) is 0 Å². The predicted octanol–water partition coefficient (Wildman–Crippen LogP) is 4.73. The summed E-state index contributed by atoms with van der Waals surface area (Å²) in [6, 6.07) is 14.3. The Kier molecular flexibility index (Phi) is 8.18. The minimum absolute atomic E-state index is 0.109. The number of hydrogen-bond acceptors (Lipinski definition) is 5. The Labute approximate surface area is 206 Å². The topological polar surface area (TPSA) is 56.2 Å². The lowest BCUT2D eigenvalue weighted by molar-refractivity contribution is 0.1000. The summed E-state index contributed by atoms with van der Waals surface area (Å²) in [6.07, 6.45) is -1.08. The highest BCUT2D eigenvalue weighted by molar-refractivity contribution is 6.33. The van der Waals surface area contributed by atoms with Gasteiger partial charge in [0.2, 0.25) is 0 Å². The van der Waals surface area contributed by atoms with Crippen LogP contribution in [-0.2, 0) is 0 Å². The average molecular weight is 507 g/mol. The summed E-state index contributed by atoms with van der Waals surface area (Å²) in [7, 11) is 0. The minimum Gasteiger partial charge on any atom is -0.491 e. The van der Waals surface area contributed by atoms with E-state index in [0.717, 1.165) is 29.4 Å². The predicted molar refractivity (Wildman–Crippen MR) is 128 cm³/mol. The first-order chi connectivity index (χ1) is 16.8. The smallest absolute Gasteiger partial charge is 0.126 e. The number of aliphatic hydroxyl groups excluding tert-OH is 2. The summed E-state index contributed by atoms with van der Waals surface area (Å²) in [5.74, 6) is -1.29. The van der Waals surface area contributed by atoms with Crippen molar-refractivity contribution < 1.29 is 28.1 Å². The second-order valence-corrected chi connectivity index (χ2v) is 8.83. The minimum atomic E-state index is -1.08. The molecule has 3 aromatic rings. The molecular formula is C26H26ClF3N2O3. The van der Waals surface area contributed by atoms with Crippen molar-refractivity contribution >= 4 is 17.3 Å². The van der Waals surface area contributed by atoms with Gasteiger partial charge in [0, 0.05) is 38.3 Å². The molecule has 0 unspecified atom stereocenters. The molecule has 1 aliphatic rings. The molecule has 1 heterocycles. The number of aliphatic hydroxyl groups is 2. The van der Waals surface area contributed by atoms with Crippen LogP contribution in [0, 0.1) is 17.5 Å². The molecule has 4 rings (SSSR count). The van der Waals surface area contributed by atoms with Gasteiger partial charge in [-0.3, -0.25) is 4.90 Å². The molecule has 1 aliphatic heterocycles. The molecule has 5 nitrogen and oxygen atoms in total. The molecule has 1 fully saturated rings. The van der Waals surface area contributed by atoms with Crippen molar-refractivity contribution in [3.05, 3.63) is 94.3 Å². The van der Waals surface area contributed by atoms with E-state index in [9.17, 15) is 18.3 Å². The van der Waals surface area contributed by atoms with Crippen molar-refractivity contribution in [3.63, 3.8) is 0 Å². The molecule has 186 valence electrons. The lowest BCUT2D eigenvalue weighted by Crippen LogP contribution is -2.49. The number of ether oxygens (including phenoxy) is 1. The van der Waals surface area contributed by atoms with E-state index in [4.69, 9.17) is 21.4 Å². The quantitative estimate of drug-likeness (QED) is 0.463. The number of nitrogens with zero attached hydrogens (tertiary/aromatic N) is 2. The Morgan fingerprint density at radius 1 is 0.943 bits per heavy atom. The lowest BCUT2D eigenvalue weighted by Gasteiger charge is -2.44. The summed E-state index contributed by atoms with van der Waals surface area (Å²) in [6.45, 7) is 1.80. The Hall–Kier alpha value is -2.78. The van der Waals surface area contributed by atoms with Crippen molar-refractivity contribution in [2.24, 2.45) is 0 Å². The molecule has 2 atom stereocenters. The third kappa shape index (κ3) is 6.27. The van der Waals surface area contributed by atoms with E-state index in [1.165, 1.54) is 12.1 Å². The molecule has 2 N–H and O–H groups in total. The Morgan fingerprint density at radius 2 is 1.66 bits per heavy atom. The number of hydrogen-bond donors (Lipinski definition) is 2. The number of halogens is 4. The fourth-order valence-corrected chi connectivity index (χ4v) is 4.63. The summed E-state index contributed by atoms with van der Waals surface area (Å²) in [5, 5.41) is 20.1. The van der Waals surface area contributed by atoms with Crippen LogP contribution in [0.25, 0.3) is 0 Å². The SMILES string of the molecule is OCCOc1ccc(N2CCN(C[C@@H](O)c3cc(F)cc(F)c3)C[C@H]2c2ccc(F)cc2)c(Cl)c1. The van der Waals surface area contributed by atoms with Gasteiger partial charge in [0.05, 0.1) is 29.5 Å². The summed E-state index contributed by atoms with van der Waals surface area (Å²) in [4.78, 5) is 4.11. The molecule has 0 saturated carbocycles. The summed E-state index contributed by atoms with van der Waals surface area (Å²) < 4.78 is 46.3. The van der Waals surface area contributed by atoms with Gasteiger partial charge in [-0.2, -0.15) is 0 Å². The Morgan fingerprint density at radius 3 is 2.31 bits per heavy atom. The van der Waals surface area contributed by atoms with Crippen LogP contribution in [0.4, 0.5) is 18.9 Å². The maximum atomic E-state index is 13.6. The number of β-amino-alcohol motifs (C(OH)–C–C–N with tert-alkyl or cyclic N) is 1. The highest BCUT2D eigenvalue weighted by Crippen LogP contribution is 2.37. The third-order valence-corrected chi connectivity index (χ3v) is 6.31. The van der Waals surface area contributed by atoms with Gasteiger partial charge in [-0.05, 0) is 47.5 Å². The summed E-state index contributed by atoms with van der Waals surface area (Å²) >= 11 is 6.58. The van der Waals surface area contributed by atoms with Gasteiger partial charge in [0.15, 0.2) is 0 Å². The molecule has 0 aromatic heterocycles. The number of piperazine rings is 1. The molecule has 0 spiro atoms. The average Bonchev–Trinajstić information content (AvgIpc) is 2.83. The zero-order chi connectivity index (χ0) is 24.9. The highest BCUT2D eigenvalue weighted by Gasteiger charge is 2.31. The van der Waals surface area contributed by atoms with Gasteiger partial charge >= 0.3 is 0 Å².